The van der Waals surface area contributed by atoms with Gasteiger partial charge in [-0.15, -0.1) is 0 Å². The van der Waals surface area contributed by atoms with Gasteiger partial charge in [0.2, 0.25) is 0 Å². The minimum atomic E-state index is -1.01. The molecule has 1 aromatic carbocycles. The van der Waals surface area contributed by atoms with Crippen LogP contribution in [0, 0.1) is 0 Å². The summed E-state index contributed by atoms with van der Waals surface area (Å²) in [6.07, 6.45) is 2.16. The lowest BCUT2D eigenvalue weighted by Crippen LogP contribution is -2.26. The first-order valence-electron chi connectivity index (χ1n) is 6.44. The Labute approximate surface area is 121 Å². The number of aromatic nitrogens is 2. The maximum Gasteiger partial charge on any atom is 0.356 e. The number of halogens is 1. The molecule has 0 radical (unpaired) electrons. The largest absolute Gasteiger partial charge is 0.476 e. The number of carbonyl (C=O) groups is 1. The van der Waals surface area contributed by atoms with Crippen molar-refractivity contribution < 1.29 is 9.90 Å². The molecule has 2 heterocycles. The fourth-order valence-electron chi connectivity index (χ4n) is 2.64. The average molecular weight is 292 g/mol. The molecule has 3 N–H and O–H groups in total. The van der Waals surface area contributed by atoms with Crippen molar-refractivity contribution in [1.82, 2.24) is 9.55 Å². The molecule has 0 bridgehead atoms. The quantitative estimate of drug-likeness (QED) is 0.891. The fourth-order valence-corrected chi connectivity index (χ4v) is 2.77. The first-order chi connectivity index (χ1) is 9.58. The van der Waals surface area contributed by atoms with Gasteiger partial charge in [0.15, 0.2) is 5.69 Å². The Balaban J connectivity index is 2.20. The van der Waals surface area contributed by atoms with E-state index in [0.29, 0.717) is 23.0 Å². The zero-order chi connectivity index (χ0) is 14.3. The van der Waals surface area contributed by atoms with Crippen LogP contribution in [0.1, 0.15) is 35.2 Å². The fraction of sp³-hybridized carbons (Fsp3) is 0.286. The molecule has 0 amide bonds. The van der Waals surface area contributed by atoms with Crippen LogP contribution in [0.2, 0.25) is 5.02 Å². The van der Waals surface area contributed by atoms with E-state index < -0.39 is 5.97 Å². The zero-order valence-corrected chi connectivity index (χ0v) is 11.5. The van der Waals surface area contributed by atoms with Gasteiger partial charge in [-0.25, -0.2) is 9.78 Å². The van der Waals surface area contributed by atoms with Crippen LogP contribution >= 0.6 is 11.6 Å². The summed E-state index contributed by atoms with van der Waals surface area (Å²) in [5.74, 6) is -0.413. The van der Waals surface area contributed by atoms with E-state index in [-0.39, 0.29) is 11.9 Å². The molecule has 0 saturated heterocycles. The minimum Gasteiger partial charge on any atom is -0.476 e. The Bertz CT molecular complexity index is 664. The van der Waals surface area contributed by atoms with Crippen LogP contribution in [0.5, 0.6) is 0 Å². The number of hydrogen-bond acceptors (Lipinski definition) is 3. The number of imidazole rings is 1. The lowest BCUT2D eigenvalue weighted by molar-refractivity contribution is 0.0689. The molecule has 20 heavy (non-hydrogen) atoms. The molecule has 0 aliphatic carbocycles. The summed E-state index contributed by atoms with van der Waals surface area (Å²) in [6, 6.07) is 7.16. The average Bonchev–Trinajstić information content (AvgIpc) is 2.81. The van der Waals surface area contributed by atoms with Gasteiger partial charge in [-0.2, -0.15) is 0 Å². The lowest BCUT2D eigenvalue weighted by Gasteiger charge is -2.24. The third-order valence-electron chi connectivity index (χ3n) is 3.56. The van der Waals surface area contributed by atoms with E-state index >= 15 is 0 Å². The number of hydrogen-bond donors (Lipinski definition) is 2. The number of aromatic carboxylic acids is 1. The van der Waals surface area contributed by atoms with Crippen molar-refractivity contribution >= 4 is 17.6 Å². The van der Waals surface area contributed by atoms with E-state index in [1.165, 1.54) is 0 Å². The van der Waals surface area contributed by atoms with Crippen molar-refractivity contribution in [3.63, 3.8) is 0 Å². The highest BCUT2D eigenvalue weighted by Crippen LogP contribution is 2.31. The molecule has 6 heteroatoms. The van der Waals surface area contributed by atoms with Crippen LogP contribution < -0.4 is 5.73 Å². The normalized spacial score (nSPS) is 17.8. The SMILES string of the molecule is NC1CCCc2c(C(=O)O)nc(-c3ccc(Cl)cc3)n21. The molecule has 1 aliphatic rings. The third kappa shape index (κ3) is 2.09. The minimum absolute atomic E-state index is 0.102. The van der Waals surface area contributed by atoms with E-state index in [1.807, 2.05) is 16.7 Å². The molecule has 1 aliphatic heterocycles. The Morgan fingerprint density at radius 1 is 1.40 bits per heavy atom. The number of fused-ring (bicyclic) bond motifs is 1. The molecule has 3 rings (SSSR count). The maximum atomic E-state index is 11.3. The van der Waals surface area contributed by atoms with Crippen molar-refractivity contribution in [2.45, 2.75) is 25.4 Å². The van der Waals surface area contributed by atoms with Crippen LogP contribution in [0.4, 0.5) is 0 Å². The van der Waals surface area contributed by atoms with Crippen molar-refractivity contribution in [1.29, 1.82) is 0 Å². The lowest BCUT2D eigenvalue weighted by atomic mass is 10.1. The highest BCUT2D eigenvalue weighted by atomic mass is 35.5. The van der Waals surface area contributed by atoms with Crippen LogP contribution in [0.25, 0.3) is 11.4 Å². The second-order valence-electron chi connectivity index (χ2n) is 4.87. The molecule has 0 spiro atoms. The van der Waals surface area contributed by atoms with E-state index in [9.17, 15) is 9.90 Å². The second kappa shape index (κ2) is 4.92. The zero-order valence-electron chi connectivity index (χ0n) is 10.7. The maximum absolute atomic E-state index is 11.3. The van der Waals surface area contributed by atoms with Crippen LogP contribution in [-0.2, 0) is 6.42 Å². The first-order valence-corrected chi connectivity index (χ1v) is 6.81. The van der Waals surface area contributed by atoms with Crippen molar-refractivity contribution in [3.05, 3.63) is 40.7 Å². The summed E-state index contributed by atoms with van der Waals surface area (Å²) in [4.78, 5) is 15.6. The second-order valence-corrected chi connectivity index (χ2v) is 5.31. The van der Waals surface area contributed by atoms with Gasteiger partial charge in [-0.05, 0) is 43.5 Å². The van der Waals surface area contributed by atoms with Crippen molar-refractivity contribution in [2.24, 2.45) is 5.73 Å². The van der Waals surface area contributed by atoms with Gasteiger partial charge in [0.25, 0.3) is 0 Å². The monoisotopic (exact) mass is 291 g/mol. The summed E-state index contributed by atoms with van der Waals surface area (Å²) >= 11 is 5.88. The topological polar surface area (TPSA) is 81.1 Å². The van der Waals surface area contributed by atoms with Gasteiger partial charge in [0, 0.05) is 10.6 Å². The van der Waals surface area contributed by atoms with E-state index in [4.69, 9.17) is 17.3 Å². The summed E-state index contributed by atoms with van der Waals surface area (Å²) < 4.78 is 1.84. The molecular formula is C14H14ClN3O2. The molecule has 1 aromatic heterocycles. The number of carboxylic acid groups (broad SMARTS) is 1. The predicted molar refractivity (Wildman–Crippen MR) is 75.8 cm³/mol. The van der Waals surface area contributed by atoms with Gasteiger partial charge >= 0.3 is 5.97 Å². The standard InChI is InChI=1S/C14H14ClN3O2/c15-9-6-4-8(5-7-9)13-17-12(14(19)20)10-2-1-3-11(16)18(10)13/h4-7,11H,1-3,16H2,(H,19,20). The number of nitrogens with zero attached hydrogens (tertiary/aromatic N) is 2. The highest BCUT2D eigenvalue weighted by Gasteiger charge is 2.28. The Morgan fingerprint density at radius 3 is 2.75 bits per heavy atom. The van der Waals surface area contributed by atoms with E-state index in [0.717, 1.165) is 18.4 Å². The molecule has 104 valence electrons. The predicted octanol–water partition coefficient (Wildman–Crippen LogP) is 2.70. The first kappa shape index (κ1) is 13.1. The Kier molecular flexibility index (Phi) is 3.23. The summed E-state index contributed by atoms with van der Waals surface area (Å²) in [5.41, 5.74) is 7.76. The van der Waals surface area contributed by atoms with Crippen LogP contribution in [0.15, 0.2) is 24.3 Å². The molecule has 1 unspecified atom stereocenters. The molecule has 5 nitrogen and oxygen atoms in total. The highest BCUT2D eigenvalue weighted by molar-refractivity contribution is 6.30. The van der Waals surface area contributed by atoms with Gasteiger partial charge in [0.1, 0.15) is 5.82 Å². The van der Waals surface area contributed by atoms with Gasteiger partial charge in [-0.3, -0.25) is 0 Å². The third-order valence-corrected chi connectivity index (χ3v) is 3.81. The van der Waals surface area contributed by atoms with Crippen LogP contribution in [-0.4, -0.2) is 20.6 Å². The summed E-state index contributed by atoms with van der Waals surface area (Å²) in [6.45, 7) is 0. The van der Waals surface area contributed by atoms with Gasteiger partial charge in [-0.1, -0.05) is 11.6 Å². The van der Waals surface area contributed by atoms with E-state index in [1.54, 1.807) is 12.1 Å². The molecule has 2 aromatic rings. The Hall–Kier alpha value is -1.85. The van der Waals surface area contributed by atoms with E-state index in [2.05, 4.69) is 4.98 Å². The van der Waals surface area contributed by atoms with Gasteiger partial charge < -0.3 is 15.4 Å². The molecular weight excluding hydrogens is 278 g/mol. The number of rotatable bonds is 2. The number of nitrogens with two attached hydrogens (primary N) is 1. The van der Waals surface area contributed by atoms with Crippen molar-refractivity contribution in [2.75, 3.05) is 0 Å². The van der Waals surface area contributed by atoms with Crippen LogP contribution in [0.3, 0.4) is 0 Å². The summed E-state index contributed by atoms with van der Waals surface area (Å²) in [5, 5.41) is 9.92. The van der Waals surface area contributed by atoms with Gasteiger partial charge in [0.05, 0.1) is 11.9 Å². The smallest absolute Gasteiger partial charge is 0.356 e. The Morgan fingerprint density at radius 2 is 2.10 bits per heavy atom. The molecule has 0 saturated carbocycles. The van der Waals surface area contributed by atoms with Crippen molar-refractivity contribution in [3.8, 4) is 11.4 Å². The molecule has 0 fully saturated rings. The number of carboxylic acids is 1. The molecule has 1 atom stereocenters. The summed E-state index contributed by atoms with van der Waals surface area (Å²) in [7, 11) is 0. The number of benzene rings is 1.